The summed E-state index contributed by atoms with van der Waals surface area (Å²) in [5, 5.41) is 6.32. The molecule has 2 N–H and O–H groups in total. The Kier molecular flexibility index (Phi) is 5.60. The van der Waals surface area contributed by atoms with Crippen LogP contribution in [-0.2, 0) is 5.41 Å². The predicted octanol–water partition coefficient (Wildman–Crippen LogP) is 4.70. The molecule has 24 heavy (non-hydrogen) atoms. The van der Waals surface area contributed by atoms with Gasteiger partial charge in [0.05, 0.1) is 11.3 Å². The first-order valence-corrected chi connectivity index (χ1v) is 8.37. The monoisotopic (exact) mass is 325 g/mol. The second-order valence-electron chi connectivity index (χ2n) is 7.49. The van der Waals surface area contributed by atoms with Crippen molar-refractivity contribution in [3.63, 3.8) is 0 Å². The second kappa shape index (κ2) is 7.47. The van der Waals surface area contributed by atoms with Gasteiger partial charge in [-0.15, -0.1) is 0 Å². The summed E-state index contributed by atoms with van der Waals surface area (Å²) in [7, 11) is 0. The molecule has 0 saturated carbocycles. The van der Waals surface area contributed by atoms with Crippen molar-refractivity contribution >= 4 is 17.3 Å². The van der Waals surface area contributed by atoms with Gasteiger partial charge in [-0.3, -0.25) is 9.78 Å². The van der Waals surface area contributed by atoms with Crippen molar-refractivity contribution in [1.29, 1.82) is 0 Å². The highest BCUT2D eigenvalue weighted by molar-refractivity contribution is 6.05. The molecule has 0 unspecified atom stereocenters. The van der Waals surface area contributed by atoms with E-state index in [0.29, 0.717) is 11.5 Å². The molecule has 1 aromatic heterocycles. The largest absolute Gasteiger partial charge is 0.384 e. The first-order chi connectivity index (χ1) is 11.3. The highest BCUT2D eigenvalue weighted by Crippen LogP contribution is 2.29. The number of carbonyl (C=O) groups excluding carboxylic acids is 1. The maximum atomic E-state index is 12.6. The van der Waals surface area contributed by atoms with Gasteiger partial charge in [-0.25, -0.2) is 0 Å². The van der Waals surface area contributed by atoms with Crippen molar-refractivity contribution < 1.29 is 4.79 Å². The van der Waals surface area contributed by atoms with Crippen LogP contribution < -0.4 is 10.6 Å². The van der Waals surface area contributed by atoms with Gasteiger partial charge in [0.25, 0.3) is 5.91 Å². The smallest absolute Gasteiger partial charge is 0.257 e. The molecule has 0 atom stereocenters. The Morgan fingerprint density at radius 3 is 2.54 bits per heavy atom. The van der Waals surface area contributed by atoms with Crippen LogP contribution in [0.25, 0.3) is 0 Å². The third kappa shape index (κ3) is 4.82. The minimum Gasteiger partial charge on any atom is -0.384 e. The zero-order valence-corrected chi connectivity index (χ0v) is 15.2. The number of anilines is 2. The van der Waals surface area contributed by atoms with Gasteiger partial charge in [-0.2, -0.15) is 0 Å². The lowest BCUT2D eigenvalue weighted by atomic mass is 9.86. The number of aromatic nitrogens is 1. The summed E-state index contributed by atoms with van der Waals surface area (Å²) in [4.78, 5) is 16.8. The molecule has 0 aliphatic heterocycles. The Labute approximate surface area is 144 Å². The number of hydrogen-bond acceptors (Lipinski definition) is 3. The minimum atomic E-state index is -0.146. The van der Waals surface area contributed by atoms with Crippen LogP contribution >= 0.6 is 0 Å². The van der Waals surface area contributed by atoms with Gasteiger partial charge < -0.3 is 10.6 Å². The molecular weight excluding hydrogens is 298 g/mol. The van der Waals surface area contributed by atoms with E-state index in [4.69, 9.17) is 0 Å². The van der Waals surface area contributed by atoms with E-state index in [1.807, 2.05) is 24.3 Å². The number of para-hydroxylation sites is 1. The van der Waals surface area contributed by atoms with E-state index in [9.17, 15) is 4.79 Å². The summed E-state index contributed by atoms with van der Waals surface area (Å²) in [6.07, 6.45) is 3.33. The summed E-state index contributed by atoms with van der Waals surface area (Å²) in [6, 6.07) is 9.75. The third-order valence-electron chi connectivity index (χ3n) is 3.70. The maximum absolute atomic E-state index is 12.6. The Hall–Kier alpha value is -2.36. The first-order valence-electron chi connectivity index (χ1n) is 8.37. The van der Waals surface area contributed by atoms with E-state index in [1.54, 1.807) is 12.4 Å². The lowest BCUT2D eigenvalue weighted by Gasteiger charge is -2.23. The average molecular weight is 325 g/mol. The van der Waals surface area contributed by atoms with Crippen LogP contribution in [-0.4, -0.2) is 17.4 Å². The van der Waals surface area contributed by atoms with Crippen molar-refractivity contribution in [2.24, 2.45) is 5.92 Å². The van der Waals surface area contributed by atoms with Crippen LogP contribution in [0.3, 0.4) is 0 Å². The van der Waals surface area contributed by atoms with Gasteiger partial charge in [0.1, 0.15) is 0 Å². The predicted molar refractivity (Wildman–Crippen MR) is 101 cm³/mol. The van der Waals surface area contributed by atoms with E-state index in [1.165, 1.54) is 0 Å². The second-order valence-corrected chi connectivity index (χ2v) is 7.49. The number of carbonyl (C=O) groups is 1. The fraction of sp³-hybridized carbons (Fsp3) is 0.400. The molecule has 0 aliphatic rings. The van der Waals surface area contributed by atoms with Gasteiger partial charge in [0.2, 0.25) is 0 Å². The number of pyridine rings is 1. The zero-order chi connectivity index (χ0) is 17.7. The molecule has 1 heterocycles. The van der Waals surface area contributed by atoms with E-state index in [2.05, 4.69) is 56.3 Å². The minimum absolute atomic E-state index is 0.0389. The fourth-order valence-corrected chi connectivity index (χ4v) is 2.42. The Balaban J connectivity index is 2.18. The van der Waals surface area contributed by atoms with Crippen molar-refractivity contribution in [2.75, 3.05) is 17.2 Å². The molecule has 0 bridgehead atoms. The summed E-state index contributed by atoms with van der Waals surface area (Å²) in [5.74, 6) is 0.383. The molecule has 0 aliphatic carbocycles. The normalized spacial score (nSPS) is 11.4. The van der Waals surface area contributed by atoms with Crippen LogP contribution in [0.5, 0.6) is 0 Å². The van der Waals surface area contributed by atoms with Crippen LogP contribution in [0.4, 0.5) is 11.4 Å². The van der Waals surface area contributed by atoms with Gasteiger partial charge in [-0.1, -0.05) is 52.8 Å². The molecule has 4 nitrogen and oxygen atoms in total. The zero-order valence-electron chi connectivity index (χ0n) is 15.2. The first kappa shape index (κ1) is 18.0. The lowest BCUT2D eigenvalue weighted by molar-refractivity contribution is 0.102. The Morgan fingerprint density at radius 2 is 1.88 bits per heavy atom. The molecular formula is C20H27N3O. The van der Waals surface area contributed by atoms with Gasteiger partial charge >= 0.3 is 0 Å². The van der Waals surface area contributed by atoms with Gasteiger partial charge in [-0.05, 0) is 29.0 Å². The van der Waals surface area contributed by atoms with Crippen LogP contribution in [0.2, 0.25) is 0 Å². The highest BCUT2D eigenvalue weighted by Gasteiger charge is 2.19. The average Bonchev–Trinajstić information content (AvgIpc) is 2.52. The van der Waals surface area contributed by atoms with Gasteiger partial charge in [0.15, 0.2) is 0 Å². The molecule has 1 aromatic carbocycles. The fourth-order valence-electron chi connectivity index (χ4n) is 2.42. The molecule has 0 saturated heterocycles. The van der Waals surface area contributed by atoms with Crippen LogP contribution in [0.15, 0.2) is 42.7 Å². The standard InChI is InChI=1S/C20H27N3O/c1-14(2)11-22-16-10-15(12-21-13-16)19(24)23-18-9-7-6-8-17(18)20(3,4)5/h6-10,12-14,22H,11H2,1-5H3,(H,23,24). The lowest BCUT2D eigenvalue weighted by Crippen LogP contribution is -2.19. The highest BCUT2D eigenvalue weighted by atomic mass is 16.1. The molecule has 0 radical (unpaired) electrons. The van der Waals surface area contributed by atoms with Crippen molar-refractivity contribution in [2.45, 2.75) is 40.0 Å². The Bertz CT molecular complexity index is 702. The summed E-state index contributed by atoms with van der Waals surface area (Å²) < 4.78 is 0. The molecule has 1 amide bonds. The maximum Gasteiger partial charge on any atom is 0.257 e. The van der Waals surface area contributed by atoms with Gasteiger partial charge in [0, 0.05) is 24.6 Å². The van der Waals surface area contributed by atoms with Crippen molar-refractivity contribution in [3.8, 4) is 0 Å². The summed E-state index contributed by atoms with van der Waals surface area (Å²) in [5.41, 5.74) is 3.33. The van der Waals surface area contributed by atoms with Crippen LogP contribution in [0.1, 0.15) is 50.5 Å². The number of amides is 1. The number of hydrogen-bond donors (Lipinski definition) is 2. The SMILES string of the molecule is CC(C)CNc1cncc(C(=O)Nc2ccccc2C(C)(C)C)c1. The Morgan fingerprint density at radius 1 is 1.17 bits per heavy atom. The molecule has 4 heteroatoms. The molecule has 128 valence electrons. The number of nitrogens with one attached hydrogen (secondary N) is 2. The number of benzene rings is 1. The summed E-state index contributed by atoms with van der Waals surface area (Å²) in [6.45, 7) is 11.5. The summed E-state index contributed by atoms with van der Waals surface area (Å²) >= 11 is 0. The topological polar surface area (TPSA) is 54.0 Å². The van der Waals surface area contributed by atoms with Crippen LogP contribution in [0, 0.1) is 5.92 Å². The third-order valence-corrected chi connectivity index (χ3v) is 3.70. The molecule has 2 rings (SSSR count). The molecule has 0 fully saturated rings. The van der Waals surface area contributed by atoms with E-state index in [-0.39, 0.29) is 11.3 Å². The van der Waals surface area contributed by atoms with E-state index < -0.39 is 0 Å². The molecule has 0 spiro atoms. The van der Waals surface area contributed by atoms with E-state index >= 15 is 0 Å². The van der Waals surface area contributed by atoms with Crippen molar-refractivity contribution in [3.05, 3.63) is 53.9 Å². The quantitative estimate of drug-likeness (QED) is 0.838. The number of nitrogens with zero attached hydrogens (tertiary/aromatic N) is 1. The van der Waals surface area contributed by atoms with E-state index in [0.717, 1.165) is 23.5 Å². The van der Waals surface area contributed by atoms with Crippen molar-refractivity contribution in [1.82, 2.24) is 4.98 Å². The number of rotatable bonds is 5. The molecule has 2 aromatic rings.